The molecule has 0 radical (unpaired) electrons. The van der Waals surface area contributed by atoms with Gasteiger partial charge in [-0.2, -0.15) is 0 Å². The van der Waals surface area contributed by atoms with Crippen molar-refractivity contribution in [2.45, 2.75) is 18.9 Å². The van der Waals surface area contributed by atoms with Gasteiger partial charge in [-0.15, -0.1) is 0 Å². The van der Waals surface area contributed by atoms with E-state index in [0.717, 1.165) is 25.9 Å². The van der Waals surface area contributed by atoms with Crippen molar-refractivity contribution in [1.82, 2.24) is 15.3 Å². The average Bonchev–Trinajstić information content (AvgIpc) is 2.30. The lowest BCUT2D eigenvalue weighted by Crippen LogP contribution is -2.38. The van der Waals surface area contributed by atoms with Crippen LogP contribution >= 0.6 is 0 Å². The zero-order chi connectivity index (χ0) is 11.4. The summed E-state index contributed by atoms with van der Waals surface area (Å²) in [4.78, 5) is 18.6. The number of carbonyl (C=O) groups is 1. The highest BCUT2D eigenvalue weighted by molar-refractivity contribution is 5.85. The Morgan fingerprint density at radius 1 is 1.62 bits per heavy atom. The average molecular weight is 222 g/mol. The normalized spacial score (nSPS) is 20.4. The van der Waals surface area contributed by atoms with E-state index in [-0.39, 0.29) is 11.7 Å². The Balaban J connectivity index is 2.02. The molecule has 1 aliphatic heterocycles. The number of rotatable bonds is 3. The molecule has 1 aromatic heterocycles. The minimum absolute atomic E-state index is 0.0151. The summed E-state index contributed by atoms with van der Waals surface area (Å²) >= 11 is 0. The van der Waals surface area contributed by atoms with Crippen LogP contribution in [0.3, 0.4) is 0 Å². The number of aromatic carboxylic acids is 1. The van der Waals surface area contributed by atoms with Crippen LogP contribution < -0.4 is 10.6 Å². The van der Waals surface area contributed by atoms with Crippen molar-refractivity contribution in [3.05, 3.63) is 18.0 Å². The molecule has 0 amide bonds. The lowest BCUT2D eigenvalue weighted by molar-refractivity contribution is 0.0690. The predicted molar refractivity (Wildman–Crippen MR) is 58.5 cm³/mol. The zero-order valence-corrected chi connectivity index (χ0v) is 8.81. The van der Waals surface area contributed by atoms with Crippen LogP contribution in [0.5, 0.6) is 0 Å². The second-order valence-electron chi connectivity index (χ2n) is 3.76. The lowest BCUT2D eigenvalue weighted by atomic mass is 10.1. The van der Waals surface area contributed by atoms with E-state index in [2.05, 4.69) is 20.6 Å². The van der Waals surface area contributed by atoms with E-state index in [1.807, 2.05) is 0 Å². The molecule has 1 fully saturated rings. The van der Waals surface area contributed by atoms with Crippen molar-refractivity contribution >= 4 is 11.9 Å². The molecule has 1 unspecified atom stereocenters. The molecule has 0 bridgehead atoms. The van der Waals surface area contributed by atoms with Gasteiger partial charge in [-0.3, -0.25) is 0 Å². The van der Waals surface area contributed by atoms with Gasteiger partial charge in [-0.25, -0.2) is 14.8 Å². The molecule has 0 spiro atoms. The minimum atomic E-state index is -1.03. The molecule has 0 aromatic carbocycles. The summed E-state index contributed by atoms with van der Waals surface area (Å²) in [5, 5.41) is 15.2. The van der Waals surface area contributed by atoms with Gasteiger partial charge in [0.1, 0.15) is 0 Å². The van der Waals surface area contributed by atoms with E-state index >= 15 is 0 Å². The number of carboxylic acids is 1. The summed E-state index contributed by atoms with van der Waals surface area (Å²) in [6.45, 7) is 1.90. The Morgan fingerprint density at radius 3 is 3.19 bits per heavy atom. The maximum absolute atomic E-state index is 10.7. The first-order valence-electron chi connectivity index (χ1n) is 5.29. The van der Waals surface area contributed by atoms with E-state index in [0.29, 0.717) is 5.95 Å². The minimum Gasteiger partial charge on any atom is -0.477 e. The molecule has 6 nitrogen and oxygen atoms in total. The standard InChI is InChI=1S/C10H14N4O2/c15-9(16)8-3-5-12-10(14-8)13-7-2-1-4-11-6-7/h3,5,7,11H,1-2,4,6H2,(H,15,16)(H,12,13,14). The molecule has 0 saturated carbocycles. The Kier molecular flexibility index (Phi) is 3.31. The fourth-order valence-electron chi connectivity index (χ4n) is 1.70. The summed E-state index contributed by atoms with van der Waals surface area (Å²) in [6, 6.07) is 1.66. The molecule has 2 rings (SSSR count). The van der Waals surface area contributed by atoms with Crippen LogP contribution in [0.4, 0.5) is 5.95 Å². The number of aromatic nitrogens is 2. The topological polar surface area (TPSA) is 87.1 Å². The van der Waals surface area contributed by atoms with Gasteiger partial charge in [0.2, 0.25) is 5.95 Å². The van der Waals surface area contributed by atoms with Gasteiger partial charge in [0, 0.05) is 18.8 Å². The first kappa shape index (κ1) is 10.8. The van der Waals surface area contributed by atoms with Crippen molar-refractivity contribution in [1.29, 1.82) is 0 Å². The van der Waals surface area contributed by atoms with Crippen molar-refractivity contribution < 1.29 is 9.90 Å². The van der Waals surface area contributed by atoms with E-state index in [1.54, 1.807) is 0 Å². The third-order valence-electron chi connectivity index (χ3n) is 2.50. The van der Waals surface area contributed by atoms with Crippen molar-refractivity contribution in [2.75, 3.05) is 18.4 Å². The number of anilines is 1. The van der Waals surface area contributed by atoms with Crippen LogP contribution in [0.1, 0.15) is 23.3 Å². The second-order valence-corrected chi connectivity index (χ2v) is 3.76. The number of nitrogens with zero attached hydrogens (tertiary/aromatic N) is 2. The zero-order valence-electron chi connectivity index (χ0n) is 8.81. The lowest BCUT2D eigenvalue weighted by Gasteiger charge is -2.23. The highest BCUT2D eigenvalue weighted by atomic mass is 16.4. The van der Waals surface area contributed by atoms with E-state index in [4.69, 9.17) is 5.11 Å². The highest BCUT2D eigenvalue weighted by Crippen LogP contribution is 2.08. The molecular formula is C10H14N4O2. The maximum atomic E-state index is 10.7. The molecular weight excluding hydrogens is 208 g/mol. The Labute approximate surface area is 93.1 Å². The smallest absolute Gasteiger partial charge is 0.354 e. The van der Waals surface area contributed by atoms with Crippen LogP contribution in [0.25, 0.3) is 0 Å². The molecule has 1 atom stereocenters. The fraction of sp³-hybridized carbons (Fsp3) is 0.500. The van der Waals surface area contributed by atoms with Gasteiger partial charge < -0.3 is 15.7 Å². The number of nitrogens with one attached hydrogen (secondary N) is 2. The number of piperidine rings is 1. The predicted octanol–water partition coefficient (Wildman–Crippen LogP) is 0.339. The molecule has 3 N–H and O–H groups in total. The summed E-state index contributed by atoms with van der Waals surface area (Å²) in [5.41, 5.74) is 0.0151. The fourth-order valence-corrected chi connectivity index (χ4v) is 1.70. The van der Waals surface area contributed by atoms with Gasteiger partial charge in [0.25, 0.3) is 0 Å². The number of carboxylic acid groups (broad SMARTS) is 1. The third-order valence-corrected chi connectivity index (χ3v) is 2.50. The van der Waals surface area contributed by atoms with E-state index < -0.39 is 5.97 Å². The van der Waals surface area contributed by atoms with Gasteiger partial charge in [-0.05, 0) is 25.5 Å². The molecule has 16 heavy (non-hydrogen) atoms. The summed E-state index contributed by atoms with van der Waals surface area (Å²) < 4.78 is 0. The van der Waals surface area contributed by atoms with Crippen molar-refractivity contribution in [3.8, 4) is 0 Å². The van der Waals surface area contributed by atoms with Crippen LogP contribution in [-0.4, -0.2) is 40.2 Å². The van der Waals surface area contributed by atoms with Crippen LogP contribution in [0, 0.1) is 0 Å². The molecule has 0 aliphatic carbocycles. The second kappa shape index (κ2) is 4.89. The Hall–Kier alpha value is -1.69. The quantitative estimate of drug-likeness (QED) is 0.683. The molecule has 86 valence electrons. The summed E-state index contributed by atoms with van der Waals surface area (Å²) in [7, 11) is 0. The Morgan fingerprint density at radius 2 is 2.50 bits per heavy atom. The maximum Gasteiger partial charge on any atom is 0.354 e. The van der Waals surface area contributed by atoms with Crippen LogP contribution in [0.2, 0.25) is 0 Å². The SMILES string of the molecule is O=C(O)c1ccnc(NC2CCCNC2)n1. The number of hydrogen-bond donors (Lipinski definition) is 3. The van der Waals surface area contributed by atoms with E-state index in [1.165, 1.54) is 12.3 Å². The van der Waals surface area contributed by atoms with Gasteiger partial charge in [0.05, 0.1) is 0 Å². The third kappa shape index (κ3) is 2.66. The van der Waals surface area contributed by atoms with Gasteiger partial charge in [-0.1, -0.05) is 0 Å². The first-order valence-corrected chi connectivity index (χ1v) is 5.29. The largest absolute Gasteiger partial charge is 0.477 e. The molecule has 6 heteroatoms. The molecule has 1 saturated heterocycles. The van der Waals surface area contributed by atoms with Crippen LogP contribution in [0.15, 0.2) is 12.3 Å². The highest BCUT2D eigenvalue weighted by Gasteiger charge is 2.14. The molecule has 1 aromatic rings. The van der Waals surface area contributed by atoms with E-state index in [9.17, 15) is 4.79 Å². The molecule has 1 aliphatic rings. The van der Waals surface area contributed by atoms with Crippen molar-refractivity contribution in [2.24, 2.45) is 0 Å². The Bertz CT molecular complexity index is 377. The van der Waals surface area contributed by atoms with Gasteiger partial charge in [0.15, 0.2) is 5.69 Å². The van der Waals surface area contributed by atoms with Crippen molar-refractivity contribution in [3.63, 3.8) is 0 Å². The number of hydrogen-bond acceptors (Lipinski definition) is 5. The van der Waals surface area contributed by atoms with Crippen LogP contribution in [-0.2, 0) is 0 Å². The summed E-state index contributed by atoms with van der Waals surface area (Å²) in [6.07, 6.45) is 3.61. The monoisotopic (exact) mass is 222 g/mol. The first-order chi connectivity index (χ1) is 7.75. The molecule has 2 heterocycles. The van der Waals surface area contributed by atoms with Gasteiger partial charge >= 0.3 is 5.97 Å². The summed E-state index contributed by atoms with van der Waals surface area (Å²) in [5.74, 6) is -0.652.